The number of carboxylic acid groups (broad SMARTS) is 1. The lowest BCUT2D eigenvalue weighted by atomic mass is 10.0. The fourth-order valence-electron chi connectivity index (χ4n) is 5.33. The molecule has 1 saturated heterocycles. The van der Waals surface area contributed by atoms with Gasteiger partial charge in [0.2, 0.25) is 5.88 Å². The fourth-order valence-corrected chi connectivity index (χ4v) is 5.33. The lowest BCUT2D eigenvalue weighted by Crippen LogP contribution is -2.31. The lowest BCUT2D eigenvalue weighted by molar-refractivity contribution is -0.0589. The van der Waals surface area contributed by atoms with E-state index in [4.69, 9.17) is 9.47 Å². The molecule has 1 fully saturated rings. The van der Waals surface area contributed by atoms with Crippen molar-refractivity contribution in [1.82, 2.24) is 34.5 Å². The van der Waals surface area contributed by atoms with E-state index in [1.165, 1.54) is 47.4 Å². The van der Waals surface area contributed by atoms with Crippen LogP contribution in [0, 0.1) is 29.3 Å². The van der Waals surface area contributed by atoms with Gasteiger partial charge in [-0.05, 0) is 60.4 Å². The third-order valence-corrected chi connectivity index (χ3v) is 8.06. The molecule has 11 nitrogen and oxygen atoms in total. The number of aromatic carboxylic acids is 1. The second-order valence-electron chi connectivity index (χ2n) is 11.3. The molecule has 0 spiro atoms. The number of hydrogen-bond donors (Lipinski definition) is 1. The number of halogens is 3. The largest absolute Gasteiger partial charge is 0.478 e. The van der Waals surface area contributed by atoms with Gasteiger partial charge >= 0.3 is 5.97 Å². The van der Waals surface area contributed by atoms with Crippen LogP contribution >= 0.6 is 0 Å². The summed E-state index contributed by atoms with van der Waals surface area (Å²) in [5.74, 6) is 3.04. The molecule has 6 aromatic rings. The van der Waals surface area contributed by atoms with E-state index < -0.39 is 23.4 Å². The Kier molecular flexibility index (Phi) is 8.50. The highest BCUT2D eigenvalue weighted by Gasteiger charge is 2.24. The number of aromatic nitrogens is 7. The van der Waals surface area contributed by atoms with Crippen molar-refractivity contribution in [3.8, 4) is 29.0 Å². The zero-order valence-electron chi connectivity index (χ0n) is 25.9. The van der Waals surface area contributed by atoms with Gasteiger partial charge in [0, 0.05) is 43.5 Å². The number of ether oxygens (including phenoxy) is 2. The van der Waals surface area contributed by atoms with Gasteiger partial charge in [0.1, 0.15) is 41.3 Å². The second-order valence-corrected chi connectivity index (χ2v) is 11.3. The van der Waals surface area contributed by atoms with E-state index in [0.717, 1.165) is 18.6 Å². The normalized spacial score (nSPS) is 13.9. The van der Waals surface area contributed by atoms with Crippen molar-refractivity contribution >= 4 is 17.0 Å². The first-order valence-corrected chi connectivity index (χ1v) is 15.1. The molecular formula is C35H26F3N7O4. The number of pyridine rings is 2. The Balaban J connectivity index is 1.09. The first kappa shape index (κ1) is 31.5. The fraction of sp³-hybridized carbons (Fsp3) is 0.200. The minimum absolute atomic E-state index is 0.00982. The number of hydrogen-bond acceptors (Lipinski definition) is 8. The zero-order chi connectivity index (χ0) is 34.1. The molecule has 246 valence electrons. The van der Waals surface area contributed by atoms with E-state index >= 15 is 8.78 Å². The molecule has 4 aromatic heterocycles. The van der Waals surface area contributed by atoms with Crippen molar-refractivity contribution in [1.29, 1.82) is 0 Å². The Hall–Kier alpha value is -6.07. The number of aryl methyl sites for hydroxylation is 1. The molecule has 0 aliphatic carbocycles. The monoisotopic (exact) mass is 665 g/mol. The maximum Gasteiger partial charge on any atom is 0.335 e. The van der Waals surface area contributed by atoms with Crippen LogP contribution in [0.4, 0.5) is 13.2 Å². The molecule has 5 heterocycles. The summed E-state index contributed by atoms with van der Waals surface area (Å²) >= 11 is 0. The van der Waals surface area contributed by atoms with E-state index in [2.05, 4.69) is 37.1 Å². The van der Waals surface area contributed by atoms with Crippen LogP contribution in [-0.2, 0) is 31.4 Å². The van der Waals surface area contributed by atoms with Gasteiger partial charge in [-0.2, -0.15) is 0 Å². The standard InChI is InChI=1S/C35H26F3N7O4/c1-44-23(17-40-43-44)7-5-20-11-28(38)31(39-16-20)19-49-34-4-2-3-29(42-34)25-15-26(36)22(12-27(25)37)14-33-41-30-8-6-21(35(46)47)13-32(30)45(33)18-24-9-10-48-24/h2-4,6,8,11-13,15-17,24H,9-10,14,18-19H2,1H3,(H,46,47)/t24-/m0/s1. The highest BCUT2D eigenvalue weighted by atomic mass is 19.1. The van der Waals surface area contributed by atoms with Crippen LogP contribution in [0.5, 0.6) is 5.88 Å². The predicted octanol–water partition coefficient (Wildman–Crippen LogP) is 5.10. The number of imidazole rings is 1. The van der Waals surface area contributed by atoms with Gasteiger partial charge in [-0.1, -0.05) is 17.2 Å². The summed E-state index contributed by atoms with van der Waals surface area (Å²) in [6, 6.07) is 12.5. The summed E-state index contributed by atoms with van der Waals surface area (Å²) in [6.07, 6.45) is 3.58. The van der Waals surface area contributed by atoms with Crippen LogP contribution in [0.1, 0.15) is 45.1 Å². The maximum atomic E-state index is 15.6. The van der Waals surface area contributed by atoms with Crippen molar-refractivity contribution in [2.45, 2.75) is 32.1 Å². The van der Waals surface area contributed by atoms with Gasteiger partial charge in [-0.3, -0.25) is 4.98 Å². The average Bonchev–Trinajstić information content (AvgIpc) is 3.64. The summed E-state index contributed by atoms with van der Waals surface area (Å²) in [4.78, 5) is 24.6. The molecule has 0 amide bonds. The number of nitrogens with zero attached hydrogens (tertiary/aromatic N) is 7. The summed E-state index contributed by atoms with van der Waals surface area (Å²) in [5, 5.41) is 17.0. The smallest absolute Gasteiger partial charge is 0.335 e. The second kappa shape index (κ2) is 13.2. The van der Waals surface area contributed by atoms with Gasteiger partial charge in [0.25, 0.3) is 0 Å². The van der Waals surface area contributed by atoms with Crippen molar-refractivity contribution in [2.24, 2.45) is 7.05 Å². The van der Waals surface area contributed by atoms with E-state index in [1.807, 2.05) is 0 Å². The van der Waals surface area contributed by atoms with Crippen LogP contribution in [0.3, 0.4) is 0 Å². The molecule has 0 saturated carbocycles. The number of carbonyl (C=O) groups is 1. The van der Waals surface area contributed by atoms with Gasteiger partial charge in [-0.25, -0.2) is 32.6 Å². The summed E-state index contributed by atoms with van der Waals surface area (Å²) in [6.45, 7) is 0.755. The van der Waals surface area contributed by atoms with Crippen molar-refractivity contribution in [3.63, 3.8) is 0 Å². The molecule has 14 heteroatoms. The SMILES string of the molecule is Cn1nncc1C#Cc1cnc(COc2cccc(-c3cc(F)c(Cc4nc5ccc(C(=O)O)cc5n4C[C@@H]4CCO4)cc3F)n2)c(F)c1. The van der Waals surface area contributed by atoms with Crippen molar-refractivity contribution in [2.75, 3.05) is 6.61 Å². The van der Waals surface area contributed by atoms with E-state index in [1.54, 1.807) is 23.7 Å². The van der Waals surface area contributed by atoms with Crippen LogP contribution < -0.4 is 4.74 Å². The van der Waals surface area contributed by atoms with Gasteiger partial charge in [0.05, 0.1) is 41.1 Å². The molecule has 0 unspecified atom stereocenters. The summed E-state index contributed by atoms with van der Waals surface area (Å²) in [7, 11) is 1.69. The molecule has 1 aliphatic rings. The highest BCUT2D eigenvalue weighted by Crippen LogP contribution is 2.29. The number of carboxylic acids is 1. The molecular weight excluding hydrogens is 639 g/mol. The van der Waals surface area contributed by atoms with Crippen LogP contribution in [0.2, 0.25) is 0 Å². The topological polar surface area (TPSA) is 130 Å². The predicted molar refractivity (Wildman–Crippen MR) is 169 cm³/mol. The van der Waals surface area contributed by atoms with Gasteiger partial charge in [0.15, 0.2) is 0 Å². The summed E-state index contributed by atoms with van der Waals surface area (Å²) in [5.41, 5.74) is 2.19. The van der Waals surface area contributed by atoms with Crippen LogP contribution in [0.15, 0.2) is 67.0 Å². The average molecular weight is 666 g/mol. The molecule has 1 N–H and O–H groups in total. The molecule has 0 bridgehead atoms. The minimum atomic E-state index is -1.08. The van der Waals surface area contributed by atoms with E-state index in [0.29, 0.717) is 41.3 Å². The van der Waals surface area contributed by atoms with Gasteiger partial charge < -0.3 is 19.1 Å². The Bertz CT molecular complexity index is 2290. The zero-order valence-corrected chi connectivity index (χ0v) is 25.9. The van der Waals surface area contributed by atoms with Gasteiger partial charge in [-0.15, -0.1) is 5.10 Å². The molecule has 49 heavy (non-hydrogen) atoms. The Morgan fingerprint density at radius 2 is 1.90 bits per heavy atom. The Morgan fingerprint density at radius 3 is 2.63 bits per heavy atom. The van der Waals surface area contributed by atoms with Crippen LogP contribution in [0.25, 0.3) is 22.3 Å². The minimum Gasteiger partial charge on any atom is -0.478 e. The number of fused-ring (bicyclic) bond motifs is 1. The molecule has 7 rings (SSSR count). The van der Waals surface area contributed by atoms with E-state index in [9.17, 15) is 14.3 Å². The third-order valence-electron chi connectivity index (χ3n) is 8.06. The molecule has 1 aliphatic heterocycles. The van der Waals surface area contributed by atoms with Crippen molar-refractivity contribution in [3.05, 3.63) is 118 Å². The Morgan fingerprint density at radius 1 is 1.04 bits per heavy atom. The lowest BCUT2D eigenvalue weighted by Gasteiger charge is -2.27. The first-order chi connectivity index (χ1) is 23.7. The number of benzene rings is 2. The Labute approximate surface area is 277 Å². The molecule has 0 radical (unpaired) electrons. The van der Waals surface area contributed by atoms with Crippen molar-refractivity contribution < 1.29 is 32.5 Å². The quantitative estimate of drug-likeness (QED) is 0.210. The third kappa shape index (κ3) is 6.69. The highest BCUT2D eigenvalue weighted by molar-refractivity contribution is 5.92. The molecule has 1 atom stereocenters. The van der Waals surface area contributed by atoms with Crippen LogP contribution in [-0.4, -0.2) is 58.3 Å². The summed E-state index contributed by atoms with van der Waals surface area (Å²) < 4.78 is 60.4. The maximum absolute atomic E-state index is 15.6. The van der Waals surface area contributed by atoms with E-state index in [-0.39, 0.29) is 53.1 Å². The number of rotatable bonds is 9. The molecule has 2 aromatic carbocycles. The first-order valence-electron chi connectivity index (χ1n) is 15.1.